The van der Waals surface area contributed by atoms with Crippen molar-refractivity contribution < 1.29 is 9.59 Å². The number of carbonyl (C=O) groups is 2. The zero-order valence-corrected chi connectivity index (χ0v) is 23.3. The van der Waals surface area contributed by atoms with Crippen LogP contribution in [0.25, 0.3) is 10.9 Å². The van der Waals surface area contributed by atoms with Crippen molar-refractivity contribution in [3.63, 3.8) is 0 Å². The predicted molar refractivity (Wildman–Crippen MR) is 145 cm³/mol. The summed E-state index contributed by atoms with van der Waals surface area (Å²) in [6.45, 7) is 4.02. The highest BCUT2D eigenvalue weighted by atomic mass is 79.9. The largest absolute Gasteiger partial charge is 0.320 e. The fourth-order valence-corrected chi connectivity index (χ4v) is 7.06. The second-order valence-corrected chi connectivity index (χ2v) is 10.9. The highest BCUT2D eigenvalue weighted by molar-refractivity contribution is 8.93. The highest BCUT2D eigenvalue weighted by Gasteiger charge is 2.52. The molecule has 4 fully saturated rings. The van der Waals surface area contributed by atoms with Crippen molar-refractivity contribution in [1.29, 1.82) is 0 Å². The Morgan fingerprint density at radius 1 is 1.03 bits per heavy atom. The minimum atomic E-state index is -0.651. The molecule has 186 valence electrons. The van der Waals surface area contributed by atoms with E-state index in [-0.39, 0.29) is 45.3 Å². The molecule has 0 saturated heterocycles. The van der Waals surface area contributed by atoms with Crippen molar-refractivity contribution in [2.24, 2.45) is 29.4 Å². The fourth-order valence-electron chi connectivity index (χ4n) is 7.06. The summed E-state index contributed by atoms with van der Waals surface area (Å²) in [4.78, 5) is 29.9. The van der Waals surface area contributed by atoms with Crippen molar-refractivity contribution in [1.82, 2.24) is 15.8 Å². The van der Waals surface area contributed by atoms with Gasteiger partial charge in [0.2, 0.25) is 0 Å². The SMILES string of the molecule is Br.Br.CC(C)C[C@H](N)C(=O)NNC(=O)c1cc(C23CC4CC(CC(C4)C2)C3)c2ccccc2n1. The fraction of sp³-hybridized carbons (Fsp3) is 0.577. The second-order valence-electron chi connectivity index (χ2n) is 10.9. The van der Waals surface area contributed by atoms with Crippen LogP contribution in [0.4, 0.5) is 0 Å². The molecule has 0 aliphatic heterocycles. The Morgan fingerprint density at radius 2 is 1.62 bits per heavy atom. The first kappa shape index (κ1) is 27.1. The van der Waals surface area contributed by atoms with Crippen LogP contribution in [-0.2, 0) is 10.2 Å². The van der Waals surface area contributed by atoms with E-state index in [2.05, 4.69) is 28.0 Å². The van der Waals surface area contributed by atoms with Crippen molar-refractivity contribution in [3.05, 3.63) is 41.6 Å². The maximum Gasteiger partial charge on any atom is 0.288 e. The molecule has 0 radical (unpaired) electrons. The number of nitrogens with two attached hydrogens (primary N) is 1. The van der Waals surface area contributed by atoms with Gasteiger partial charge in [0.05, 0.1) is 11.6 Å². The number of halogens is 2. The molecule has 6 rings (SSSR count). The van der Waals surface area contributed by atoms with Gasteiger partial charge in [0.15, 0.2) is 0 Å². The van der Waals surface area contributed by atoms with Gasteiger partial charge in [0.1, 0.15) is 5.69 Å². The van der Waals surface area contributed by atoms with E-state index < -0.39 is 11.9 Å². The van der Waals surface area contributed by atoms with Gasteiger partial charge in [-0.1, -0.05) is 32.0 Å². The number of para-hydroxylation sites is 1. The van der Waals surface area contributed by atoms with Crippen molar-refractivity contribution in [2.75, 3.05) is 0 Å². The molecule has 4 bridgehead atoms. The van der Waals surface area contributed by atoms with Gasteiger partial charge in [0.25, 0.3) is 11.8 Å². The van der Waals surface area contributed by atoms with Crippen molar-refractivity contribution in [3.8, 4) is 0 Å². The minimum Gasteiger partial charge on any atom is -0.320 e. The number of amides is 2. The molecule has 2 aromatic rings. The molecule has 1 aromatic heterocycles. The normalized spacial score (nSPS) is 27.6. The molecule has 1 atom stereocenters. The van der Waals surface area contributed by atoms with Crippen LogP contribution < -0.4 is 16.6 Å². The molecule has 4 N–H and O–H groups in total. The number of carbonyl (C=O) groups excluding carboxylic acids is 2. The smallest absolute Gasteiger partial charge is 0.288 e. The van der Waals surface area contributed by atoms with Crippen LogP contribution >= 0.6 is 34.0 Å². The number of fused-ring (bicyclic) bond motifs is 1. The molecule has 4 aliphatic carbocycles. The Bertz CT molecular complexity index is 1020. The topological polar surface area (TPSA) is 97.1 Å². The van der Waals surface area contributed by atoms with E-state index in [1.54, 1.807) is 0 Å². The van der Waals surface area contributed by atoms with Crippen LogP contribution in [0.5, 0.6) is 0 Å². The molecule has 0 spiro atoms. The molecule has 0 unspecified atom stereocenters. The number of hydrogen-bond acceptors (Lipinski definition) is 4. The summed E-state index contributed by atoms with van der Waals surface area (Å²) in [7, 11) is 0. The van der Waals surface area contributed by atoms with Crippen LogP contribution in [0.1, 0.15) is 74.8 Å². The van der Waals surface area contributed by atoms with Gasteiger partial charge in [0, 0.05) is 5.39 Å². The molecular formula is C26H36Br2N4O2. The van der Waals surface area contributed by atoms with Gasteiger partial charge >= 0.3 is 0 Å². The molecule has 4 saturated carbocycles. The van der Waals surface area contributed by atoms with E-state index in [1.807, 2.05) is 32.0 Å². The van der Waals surface area contributed by atoms with Gasteiger partial charge in [-0.3, -0.25) is 20.4 Å². The lowest BCUT2D eigenvalue weighted by Gasteiger charge is -2.57. The number of benzene rings is 1. The number of nitrogens with one attached hydrogen (secondary N) is 2. The van der Waals surface area contributed by atoms with Gasteiger partial charge in [-0.15, -0.1) is 34.0 Å². The van der Waals surface area contributed by atoms with E-state index in [4.69, 9.17) is 5.73 Å². The Hall–Kier alpha value is -1.51. The minimum absolute atomic E-state index is 0. The second kappa shape index (κ2) is 10.6. The summed E-state index contributed by atoms with van der Waals surface area (Å²) < 4.78 is 0. The lowest BCUT2D eigenvalue weighted by atomic mass is 9.48. The Balaban J connectivity index is 0.00000162. The van der Waals surface area contributed by atoms with Crippen LogP contribution in [-0.4, -0.2) is 22.8 Å². The van der Waals surface area contributed by atoms with Crippen LogP contribution in [0.3, 0.4) is 0 Å². The van der Waals surface area contributed by atoms with Crippen LogP contribution in [0.15, 0.2) is 30.3 Å². The number of pyridine rings is 1. The average Bonchev–Trinajstić information content (AvgIpc) is 2.75. The van der Waals surface area contributed by atoms with Crippen LogP contribution in [0.2, 0.25) is 0 Å². The molecule has 8 heteroatoms. The van der Waals surface area contributed by atoms with Gasteiger partial charge < -0.3 is 5.73 Å². The summed E-state index contributed by atoms with van der Waals surface area (Å²) in [6.07, 6.45) is 8.33. The number of nitrogens with zero attached hydrogens (tertiary/aromatic N) is 1. The molecule has 6 nitrogen and oxygen atoms in total. The highest BCUT2D eigenvalue weighted by Crippen LogP contribution is 2.61. The lowest BCUT2D eigenvalue weighted by Crippen LogP contribution is -2.50. The van der Waals surface area contributed by atoms with E-state index in [1.165, 1.54) is 44.1 Å². The molecule has 1 heterocycles. The first-order chi connectivity index (χ1) is 15.3. The zero-order chi connectivity index (χ0) is 22.5. The molecule has 34 heavy (non-hydrogen) atoms. The number of rotatable bonds is 5. The molecule has 2 amide bonds. The number of hydrogen-bond donors (Lipinski definition) is 3. The summed E-state index contributed by atoms with van der Waals surface area (Å²) in [5.74, 6) is 1.96. The summed E-state index contributed by atoms with van der Waals surface area (Å²) in [6, 6.07) is 9.49. The Labute approximate surface area is 222 Å². The predicted octanol–water partition coefficient (Wildman–Crippen LogP) is 4.99. The monoisotopic (exact) mass is 594 g/mol. The summed E-state index contributed by atoms with van der Waals surface area (Å²) in [5.41, 5.74) is 13.6. The van der Waals surface area contributed by atoms with E-state index in [0.29, 0.717) is 18.0 Å². The first-order valence-corrected chi connectivity index (χ1v) is 12.1. The first-order valence-electron chi connectivity index (χ1n) is 12.1. The maximum absolute atomic E-state index is 13.0. The summed E-state index contributed by atoms with van der Waals surface area (Å²) >= 11 is 0. The molecule has 4 aliphatic rings. The van der Waals surface area contributed by atoms with E-state index >= 15 is 0 Å². The molecular weight excluding hydrogens is 560 g/mol. The maximum atomic E-state index is 13.0. The van der Waals surface area contributed by atoms with Gasteiger partial charge in [-0.05, 0) is 91.7 Å². The van der Waals surface area contributed by atoms with Gasteiger partial charge in [-0.2, -0.15) is 0 Å². The average molecular weight is 596 g/mol. The van der Waals surface area contributed by atoms with E-state index in [0.717, 1.165) is 28.7 Å². The zero-order valence-electron chi connectivity index (χ0n) is 19.9. The standard InChI is InChI=1S/C26H34N4O2.2BrH/c1-15(2)7-21(27)24(31)29-30-25(32)23-11-20(19-5-3-4-6-22(19)28-23)26-12-16-8-17(13-26)10-18(9-16)14-26;;/h3-6,11,15-18,21H,7-10,12-14,27H2,1-2H3,(H,29,31)(H,30,32);2*1H/t16?,17?,18?,21-,26?;;/m0../s1. The number of hydrazine groups is 1. The van der Waals surface area contributed by atoms with E-state index in [9.17, 15) is 9.59 Å². The quantitative estimate of drug-likeness (QED) is 0.424. The van der Waals surface area contributed by atoms with Crippen LogP contribution in [0, 0.1) is 23.7 Å². The summed E-state index contributed by atoms with van der Waals surface area (Å²) in [5, 5.41) is 1.16. The molecule has 1 aromatic carbocycles. The third-order valence-corrected chi connectivity index (χ3v) is 7.92. The van der Waals surface area contributed by atoms with Crippen molar-refractivity contribution in [2.45, 2.75) is 70.3 Å². The third-order valence-electron chi connectivity index (χ3n) is 7.92. The van der Waals surface area contributed by atoms with Crippen molar-refractivity contribution >= 4 is 56.7 Å². The Kier molecular flexibility index (Phi) is 8.46. The number of aromatic nitrogens is 1. The van der Waals surface area contributed by atoms with Gasteiger partial charge in [-0.25, -0.2) is 4.98 Å². The third kappa shape index (κ3) is 5.19. The lowest BCUT2D eigenvalue weighted by molar-refractivity contribution is -0.123. The Morgan fingerprint density at radius 3 is 2.21 bits per heavy atom.